The number of benzene rings is 2. The molecule has 0 aromatic heterocycles. The lowest BCUT2D eigenvalue weighted by molar-refractivity contribution is -0.384. The molecule has 3 rings (SSSR count). The van der Waals surface area contributed by atoms with Crippen molar-refractivity contribution >= 4 is 33.4 Å². The van der Waals surface area contributed by atoms with Crippen LogP contribution in [0, 0.1) is 10.1 Å². The zero-order chi connectivity index (χ0) is 19.6. The van der Waals surface area contributed by atoms with E-state index >= 15 is 0 Å². The van der Waals surface area contributed by atoms with Crippen LogP contribution in [0.25, 0.3) is 0 Å². The predicted molar refractivity (Wildman–Crippen MR) is 101 cm³/mol. The van der Waals surface area contributed by atoms with Gasteiger partial charge in [0.15, 0.2) is 0 Å². The minimum absolute atomic E-state index is 0.0389. The first-order chi connectivity index (χ1) is 12.9. The van der Waals surface area contributed by atoms with Crippen molar-refractivity contribution in [1.82, 2.24) is 5.01 Å². The zero-order valence-electron chi connectivity index (χ0n) is 14.6. The fourth-order valence-electron chi connectivity index (χ4n) is 2.61. The number of non-ortho nitro benzene ring substituents is 1. The predicted octanol–water partition coefficient (Wildman–Crippen LogP) is 4.00. The molecule has 0 aliphatic carbocycles. The third-order valence-corrected chi connectivity index (χ3v) is 4.32. The molecule has 0 unspecified atom stereocenters. The molecule has 8 nitrogen and oxygen atoms in total. The second-order valence-corrected chi connectivity index (χ2v) is 6.57. The average Bonchev–Trinajstić information content (AvgIpc) is 3.09. The Balaban J connectivity index is 1.96. The maximum Gasteiger partial charge on any atom is 0.269 e. The van der Waals surface area contributed by atoms with Crippen molar-refractivity contribution in [2.45, 2.75) is 20.1 Å². The monoisotopic (exact) mass is 433 g/mol. The molecule has 1 atom stereocenters. The average molecular weight is 434 g/mol. The lowest BCUT2D eigenvalue weighted by atomic mass is 10.1. The Morgan fingerprint density at radius 3 is 2.63 bits per heavy atom. The molecule has 1 aliphatic heterocycles. The molecule has 1 amide bonds. The van der Waals surface area contributed by atoms with E-state index in [-0.39, 0.29) is 17.5 Å². The van der Waals surface area contributed by atoms with Crippen molar-refractivity contribution in [1.29, 1.82) is 0 Å². The maximum atomic E-state index is 12.1. The quantitative estimate of drug-likeness (QED) is 0.524. The second-order valence-electron chi connectivity index (χ2n) is 5.66. The summed E-state index contributed by atoms with van der Waals surface area (Å²) in [5.74, 6) is 0.476. The lowest BCUT2D eigenvalue weighted by Gasteiger charge is -2.22. The molecule has 2 aromatic rings. The molecule has 0 N–H and O–H groups in total. The normalized spacial score (nSPS) is 15.9. The zero-order valence-corrected chi connectivity index (χ0v) is 16.2. The fraction of sp³-hybridized carbons (Fsp3) is 0.222. The largest absolute Gasteiger partial charge is 0.493 e. The van der Waals surface area contributed by atoms with Crippen molar-refractivity contribution < 1.29 is 19.2 Å². The van der Waals surface area contributed by atoms with Crippen LogP contribution in [0.3, 0.4) is 0 Å². The van der Waals surface area contributed by atoms with Crippen LogP contribution >= 0.6 is 15.9 Å². The Bertz CT molecular complexity index is 914. The molecule has 0 radical (unpaired) electrons. The first kappa shape index (κ1) is 18.8. The molecule has 9 heteroatoms. The Morgan fingerprint density at radius 1 is 1.33 bits per heavy atom. The van der Waals surface area contributed by atoms with E-state index in [2.05, 4.69) is 21.0 Å². The highest BCUT2D eigenvalue weighted by Gasteiger charge is 2.35. The summed E-state index contributed by atoms with van der Waals surface area (Å²) in [6.07, 6.45) is -0.799. The second kappa shape index (κ2) is 7.75. The summed E-state index contributed by atoms with van der Waals surface area (Å²) < 4.78 is 12.4. The molecular formula is C18H16BrN3O5. The topological polar surface area (TPSA) is 94.3 Å². The van der Waals surface area contributed by atoms with E-state index in [0.717, 1.165) is 4.47 Å². The molecule has 1 heterocycles. The summed E-state index contributed by atoms with van der Waals surface area (Å²) >= 11 is 3.42. The minimum Gasteiger partial charge on any atom is -0.493 e. The first-order valence-electron chi connectivity index (χ1n) is 8.13. The first-order valence-corrected chi connectivity index (χ1v) is 8.92. The summed E-state index contributed by atoms with van der Waals surface area (Å²) in [5.41, 5.74) is 1.13. The van der Waals surface area contributed by atoms with Gasteiger partial charge in [-0.2, -0.15) is 5.01 Å². The van der Waals surface area contributed by atoms with Crippen LogP contribution in [0.4, 0.5) is 5.69 Å². The van der Waals surface area contributed by atoms with Gasteiger partial charge < -0.3 is 9.47 Å². The van der Waals surface area contributed by atoms with Crippen LogP contribution in [0.5, 0.6) is 5.75 Å². The number of nitro benzene ring substituents is 1. The Morgan fingerprint density at radius 2 is 2.04 bits per heavy atom. The lowest BCUT2D eigenvalue weighted by Crippen LogP contribution is -2.25. The summed E-state index contributed by atoms with van der Waals surface area (Å²) in [4.78, 5) is 22.4. The molecule has 0 fully saturated rings. The number of nitro groups is 1. The standard InChI is InChI=1S/C18H16BrN3O5/c1-3-26-16-9-6-13(19)10-15(16)18-21(11(2)23)20-17(27-18)12-4-7-14(8-5-12)22(24)25/h4-10,18H,3H2,1-2H3/t18-/m0/s1. The Kier molecular flexibility index (Phi) is 5.41. The SMILES string of the molecule is CCOc1ccc(Br)cc1[C@@H]1OC(c2ccc([N+](=O)[O-])cc2)=NN1C(C)=O. The van der Waals surface area contributed by atoms with Gasteiger partial charge in [0.05, 0.1) is 17.1 Å². The van der Waals surface area contributed by atoms with E-state index in [1.807, 2.05) is 13.0 Å². The van der Waals surface area contributed by atoms with Crippen molar-refractivity contribution in [2.24, 2.45) is 5.10 Å². The van der Waals surface area contributed by atoms with E-state index < -0.39 is 11.2 Å². The van der Waals surface area contributed by atoms with Crippen LogP contribution < -0.4 is 4.74 Å². The third kappa shape index (κ3) is 3.92. The summed E-state index contributed by atoms with van der Waals surface area (Å²) in [5, 5.41) is 16.3. The molecule has 0 saturated heterocycles. The van der Waals surface area contributed by atoms with Crippen molar-refractivity contribution in [3.8, 4) is 5.75 Å². The van der Waals surface area contributed by atoms with E-state index in [1.54, 1.807) is 12.1 Å². The highest BCUT2D eigenvalue weighted by atomic mass is 79.9. The summed E-state index contributed by atoms with van der Waals surface area (Å²) in [6, 6.07) is 11.2. The van der Waals surface area contributed by atoms with Gasteiger partial charge >= 0.3 is 0 Å². The highest BCUT2D eigenvalue weighted by molar-refractivity contribution is 9.10. The van der Waals surface area contributed by atoms with Crippen molar-refractivity contribution in [3.05, 3.63) is 68.2 Å². The molecule has 27 heavy (non-hydrogen) atoms. The molecule has 140 valence electrons. The number of carbonyl (C=O) groups is 1. The van der Waals surface area contributed by atoms with Crippen LogP contribution in [0.1, 0.15) is 31.2 Å². The summed E-state index contributed by atoms with van der Waals surface area (Å²) in [7, 11) is 0. The number of ether oxygens (including phenoxy) is 2. The van der Waals surface area contributed by atoms with Crippen LogP contribution in [0.15, 0.2) is 52.0 Å². The smallest absolute Gasteiger partial charge is 0.269 e. The molecule has 2 aromatic carbocycles. The molecule has 0 spiro atoms. The number of carbonyl (C=O) groups excluding carboxylic acids is 1. The van der Waals surface area contributed by atoms with E-state index in [4.69, 9.17) is 9.47 Å². The number of rotatable bonds is 5. The van der Waals surface area contributed by atoms with Gasteiger partial charge in [-0.15, -0.1) is 5.10 Å². The van der Waals surface area contributed by atoms with Gasteiger partial charge in [-0.1, -0.05) is 15.9 Å². The van der Waals surface area contributed by atoms with Gasteiger partial charge in [-0.05, 0) is 37.3 Å². The van der Waals surface area contributed by atoms with Crippen LogP contribution in [-0.4, -0.2) is 28.3 Å². The van der Waals surface area contributed by atoms with E-state index in [0.29, 0.717) is 23.5 Å². The summed E-state index contributed by atoms with van der Waals surface area (Å²) in [6.45, 7) is 3.71. The molecule has 0 bridgehead atoms. The van der Waals surface area contributed by atoms with Gasteiger partial charge in [-0.3, -0.25) is 14.9 Å². The van der Waals surface area contributed by atoms with E-state index in [1.165, 1.54) is 36.2 Å². The number of hydrogen-bond donors (Lipinski definition) is 0. The number of halogens is 1. The Labute approximate surface area is 163 Å². The number of hydrogen-bond acceptors (Lipinski definition) is 6. The number of nitrogens with zero attached hydrogens (tertiary/aromatic N) is 3. The molecular weight excluding hydrogens is 418 g/mol. The number of amides is 1. The van der Waals surface area contributed by atoms with Crippen LogP contribution in [-0.2, 0) is 9.53 Å². The Hall–Kier alpha value is -2.94. The van der Waals surface area contributed by atoms with Crippen molar-refractivity contribution in [3.63, 3.8) is 0 Å². The van der Waals surface area contributed by atoms with Gasteiger partial charge in [0, 0.05) is 29.1 Å². The number of hydrazone groups is 1. The van der Waals surface area contributed by atoms with E-state index in [9.17, 15) is 14.9 Å². The fourth-order valence-corrected chi connectivity index (χ4v) is 2.99. The van der Waals surface area contributed by atoms with Gasteiger partial charge in [0.1, 0.15) is 5.75 Å². The van der Waals surface area contributed by atoms with Crippen LogP contribution in [0.2, 0.25) is 0 Å². The molecule has 0 saturated carbocycles. The minimum atomic E-state index is -0.799. The van der Waals surface area contributed by atoms with Gasteiger partial charge in [0.2, 0.25) is 18.0 Å². The highest BCUT2D eigenvalue weighted by Crippen LogP contribution is 2.37. The maximum absolute atomic E-state index is 12.1. The molecule has 1 aliphatic rings. The third-order valence-electron chi connectivity index (χ3n) is 3.83. The van der Waals surface area contributed by atoms with Crippen molar-refractivity contribution in [2.75, 3.05) is 6.61 Å². The van der Waals surface area contributed by atoms with Gasteiger partial charge in [0.25, 0.3) is 5.69 Å². The van der Waals surface area contributed by atoms with Gasteiger partial charge in [-0.25, -0.2) is 0 Å².